The number of alkyl carbamates (subject to hydrolysis) is 1. The molecule has 1 saturated heterocycles. The number of esters is 1. The normalized spacial score (nSPS) is 30.2. The van der Waals surface area contributed by atoms with Crippen molar-refractivity contribution in [3.8, 4) is 0 Å². The van der Waals surface area contributed by atoms with Crippen molar-refractivity contribution in [1.29, 1.82) is 0 Å². The highest BCUT2D eigenvalue weighted by Gasteiger charge is 2.62. The lowest BCUT2D eigenvalue weighted by Crippen LogP contribution is -2.56. The minimum atomic E-state index is -4.22. The summed E-state index contributed by atoms with van der Waals surface area (Å²) in [5.41, 5.74) is -0.395. The Morgan fingerprint density at radius 1 is 1.02 bits per heavy atom. The van der Waals surface area contributed by atoms with Crippen LogP contribution in [0.3, 0.4) is 0 Å². The van der Waals surface area contributed by atoms with Gasteiger partial charge < -0.3 is 25.0 Å². The van der Waals surface area contributed by atoms with Crippen molar-refractivity contribution < 1.29 is 41.3 Å². The number of nitrogens with one attached hydrogen (secondary N) is 2. The molecule has 12 nitrogen and oxygen atoms in total. The first-order valence-electron chi connectivity index (χ1n) is 15.9. The maximum Gasteiger partial charge on any atom is 0.408 e. The largest absolute Gasteiger partial charge is 0.467 e. The molecule has 5 atom stereocenters. The number of benzene rings is 1. The third-order valence-corrected chi connectivity index (χ3v) is 10.6. The standard InChI is InChI=1S/C31H42BN3O9S/c1-42-29(38)31-18-20(31)9-5-3-2-4-6-12-25(33-30(39)43-22-10-7-8-11-22)28(37)35-19-23(17-26(35)27(36)34-31)44-45(40,41)24-15-13-21(32)14-16-24/h5,9,13-16,20,22-23,25-26H,2-4,6-8,10-12,17-19,32H2,1H3,(H,33,39)(H,34,36)/b9-5-/t20-,23+,25+,26+,31-/m1/s1. The molecule has 0 aromatic heterocycles. The van der Waals surface area contributed by atoms with E-state index in [9.17, 15) is 27.6 Å². The van der Waals surface area contributed by atoms with E-state index in [1.807, 2.05) is 20.0 Å². The number of nitrogens with zero attached hydrogens (tertiary/aromatic N) is 1. The molecule has 1 aromatic rings. The highest BCUT2D eigenvalue weighted by molar-refractivity contribution is 7.86. The van der Waals surface area contributed by atoms with Crippen LogP contribution in [0.1, 0.15) is 70.6 Å². The lowest BCUT2D eigenvalue weighted by Gasteiger charge is -2.29. The van der Waals surface area contributed by atoms with Crippen molar-refractivity contribution in [3.05, 3.63) is 36.4 Å². The Labute approximate surface area is 265 Å². The van der Waals surface area contributed by atoms with Gasteiger partial charge in [0.1, 0.15) is 31.6 Å². The monoisotopic (exact) mass is 643 g/mol. The molecular formula is C31H42BN3O9S. The number of fused-ring (bicyclic) bond motifs is 2. The molecule has 2 saturated carbocycles. The highest BCUT2D eigenvalue weighted by atomic mass is 32.2. The van der Waals surface area contributed by atoms with Gasteiger partial charge in [0.05, 0.1) is 18.1 Å². The Bertz CT molecular complexity index is 1410. The maximum absolute atomic E-state index is 14.1. The number of allylic oxidation sites excluding steroid dienone is 1. The summed E-state index contributed by atoms with van der Waals surface area (Å²) in [7, 11) is -1.13. The Balaban J connectivity index is 1.41. The van der Waals surface area contributed by atoms with Gasteiger partial charge in [-0.1, -0.05) is 42.6 Å². The van der Waals surface area contributed by atoms with Gasteiger partial charge >= 0.3 is 12.1 Å². The SMILES string of the molecule is Bc1ccc(S(=O)(=O)O[C@H]2C[C@H]3C(=O)N[C@]4(C(=O)OC)C[C@H]4/C=C\CCCCC[C@H](NC(=O)OC4CCCC4)C(=O)N3C2)cc1. The molecule has 3 amide bonds. The number of amides is 3. The van der Waals surface area contributed by atoms with Crippen molar-refractivity contribution in [1.82, 2.24) is 15.5 Å². The van der Waals surface area contributed by atoms with Crippen LogP contribution >= 0.6 is 0 Å². The Morgan fingerprint density at radius 2 is 1.73 bits per heavy atom. The van der Waals surface area contributed by atoms with Gasteiger partial charge in [-0.25, -0.2) is 9.59 Å². The summed E-state index contributed by atoms with van der Waals surface area (Å²) in [5, 5.41) is 5.56. The zero-order valence-electron chi connectivity index (χ0n) is 25.9. The van der Waals surface area contributed by atoms with Crippen molar-refractivity contribution in [2.24, 2.45) is 5.92 Å². The molecule has 4 aliphatic rings. The average Bonchev–Trinajstić information content (AvgIpc) is 3.29. The van der Waals surface area contributed by atoms with Crippen LogP contribution in [-0.2, 0) is 38.2 Å². The van der Waals surface area contributed by atoms with Crippen LogP contribution in [-0.4, -0.2) is 88.5 Å². The molecule has 2 aliphatic heterocycles. The maximum atomic E-state index is 14.1. The first-order chi connectivity index (χ1) is 21.5. The molecule has 14 heteroatoms. The average molecular weight is 644 g/mol. The van der Waals surface area contributed by atoms with E-state index in [2.05, 4.69) is 10.6 Å². The fraction of sp³-hybridized carbons (Fsp3) is 0.613. The first-order valence-corrected chi connectivity index (χ1v) is 17.3. The number of hydrogen-bond donors (Lipinski definition) is 2. The zero-order chi connectivity index (χ0) is 32.2. The molecule has 5 rings (SSSR count). The van der Waals surface area contributed by atoms with Crippen LogP contribution in [0.5, 0.6) is 0 Å². The third kappa shape index (κ3) is 7.71. The predicted molar refractivity (Wildman–Crippen MR) is 166 cm³/mol. The zero-order valence-corrected chi connectivity index (χ0v) is 26.7. The predicted octanol–water partition coefficient (Wildman–Crippen LogP) is 1.23. The van der Waals surface area contributed by atoms with Gasteiger partial charge in [-0.3, -0.25) is 13.8 Å². The van der Waals surface area contributed by atoms with Gasteiger partial charge in [-0.2, -0.15) is 8.42 Å². The second-order valence-corrected chi connectivity index (χ2v) is 14.1. The quantitative estimate of drug-likeness (QED) is 0.201. The number of methoxy groups -OCH3 is 1. The van der Waals surface area contributed by atoms with Gasteiger partial charge in [0.2, 0.25) is 11.8 Å². The molecule has 0 unspecified atom stereocenters. The molecule has 2 heterocycles. The van der Waals surface area contributed by atoms with Crippen LogP contribution in [0.25, 0.3) is 0 Å². The smallest absolute Gasteiger partial charge is 0.408 e. The summed E-state index contributed by atoms with van der Waals surface area (Å²) in [6.45, 7) is -0.202. The van der Waals surface area contributed by atoms with E-state index in [1.54, 1.807) is 12.1 Å². The van der Waals surface area contributed by atoms with Crippen molar-refractivity contribution >= 4 is 47.3 Å². The molecule has 1 aromatic carbocycles. The van der Waals surface area contributed by atoms with E-state index in [0.29, 0.717) is 19.3 Å². The lowest BCUT2D eigenvalue weighted by atomic mass is 9.97. The molecular weight excluding hydrogens is 601 g/mol. The number of rotatable bonds is 6. The summed E-state index contributed by atoms with van der Waals surface area (Å²) in [6.07, 6.45) is 9.02. The van der Waals surface area contributed by atoms with Crippen LogP contribution < -0.4 is 16.1 Å². The van der Waals surface area contributed by atoms with Gasteiger partial charge in [0.25, 0.3) is 10.1 Å². The van der Waals surface area contributed by atoms with Crippen LogP contribution in [0.4, 0.5) is 4.79 Å². The summed E-state index contributed by atoms with van der Waals surface area (Å²) in [5.74, 6) is -2.01. The number of hydrogen-bond acceptors (Lipinski definition) is 9. The van der Waals surface area contributed by atoms with E-state index >= 15 is 0 Å². The minimum absolute atomic E-state index is 0.0419. The third-order valence-electron chi connectivity index (χ3n) is 9.23. The molecule has 2 aliphatic carbocycles. The van der Waals surface area contributed by atoms with Crippen molar-refractivity contribution in [3.63, 3.8) is 0 Å². The molecule has 0 radical (unpaired) electrons. The van der Waals surface area contributed by atoms with E-state index in [4.69, 9.17) is 13.7 Å². The van der Waals surface area contributed by atoms with E-state index < -0.39 is 57.7 Å². The fourth-order valence-corrected chi connectivity index (χ4v) is 7.65. The lowest BCUT2D eigenvalue weighted by molar-refractivity contribution is -0.148. The van der Waals surface area contributed by atoms with Crippen molar-refractivity contribution in [2.45, 2.75) is 105 Å². The Morgan fingerprint density at radius 3 is 2.44 bits per heavy atom. The molecule has 2 N–H and O–H groups in total. The van der Waals surface area contributed by atoms with Crippen LogP contribution in [0, 0.1) is 5.92 Å². The molecule has 0 spiro atoms. The van der Waals surface area contributed by atoms with Gasteiger partial charge in [-0.15, -0.1) is 0 Å². The molecule has 3 fully saturated rings. The summed E-state index contributed by atoms with van der Waals surface area (Å²) < 4.78 is 42.5. The number of carbonyl (C=O) groups is 4. The summed E-state index contributed by atoms with van der Waals surface area (Å²) in [6, 6.07) is 4.04. The molecule has 0 bridgehead atoms. The second kappa shape index (κ2) is 13.9. The van der Waals surface area contributed by atoms with E-state index in [1.165, 1.54) is 24.1 Å². The van der Waals surface area contributed by atoms with Crippen molar-refractivity contribution in [2.75, 3.05) is 13.7 Å². The summed E-state index contributed by atoms with van der Waals surface area (Å²) in [4.78, 5) is 55.0. The van der Waals surface area contributed by atoms with Crippen LogP contribution in [0.15, 0.2) is 41.3 Å². The number of carbonyl (C=O) groups excluding carboxylic acids is 4. The van der Waals surface area contributed by atoms with Gasteiger partial charge in [-0.05, 0) is 63.5 Å². The minimum Gasteiger partial charge on any atom is -0.467 e. The van der Waals surface area contributed by atoms with E-state index in [0.717, 1.165) is 50.4 Å². The molecule has 244 valence electrons. The second-order valence-electron chi connectivity index (χ2n) is 12.6. The Kier molecular flexibility index (Phi) is 10.2. The Hall–Kier alpha value is -3.39. The van der Waals surface area contributed by atoms with Crippen LogP contribution in [0.2, 0.25) is 0 Å². The topological polar surface area (TPSA) is 157 Å². The first kappa shape index (κ1) is 33.0. The highest BCUT2D eigenvalue weighted by Crippen LogP contribution is 2.46. The fourth-order valence-electron chi connectivity index (χ4n) is 6.57. The van der Waals surface area contributed by atoms with Gasteiger partial charge in [0, 0.05) is 18.9 Å². The number of ether oxygens (including phenoxy) is 2. The molecule has 45 heavy (non-hydrogen) atoms. The van der Waals surface area contributed by atoms with Gasteiger partial charge in [0.15, 0.2) is 0 Å². The summed E-state index contributed by atoms with van der Waals surface area (Å²) >= 11 is 0. The van der Waals surface area contributed by atoms with E-state index in [-0.39, 0.29) is 29.9 Å².